The van der Waals surface area contributed by atoms with Gasteiger partial charge in [0.1, 0.15) is 0 Å². The molecule has 0 fully saturated rings. The lowest BCUT2D eigenvalue weighted by atomic mass is 10.6. The highest BCUT2D eigenvalue weighted by Crippen LogP contribution is 1.76. The van der Waals surface area contributed by atoms with E-state index in [1.54, 1.807) is 12.3 Å². The monoisotopic (exact) mass is 111 g/mol. The van der Waals surface area contributed by atoms with Gasteiger partial charge in [-0.2, -0.15) is 0 Å². The van der Waals surface area contributed by atoms with Gasteiger partial charge in [-0.25, -0.2) is 0 Å². The van der Waals surface area contributed by atoms with Gasteiger partial charge < -0.3 is 0 Å². The Morgan fingerprint density at radius 1 is 1.25 bits per heavy atom. The molecule has 0 radical (unpaired) electrons. The zero-order valence-corrected chi connectivity index (χ0v) is 4.76. The zero-order valence-electron chi connectivity index (χ0n) is 4.76. The number of nitrogens with one attached hydrogen (secondary N) is 2. The molecule has 0 amide bonds. The summed E-state index contributed by atoms with van der Waals surface area (Å²) < 4.78 is 0. The van der Waals surface area contributed by atoms with Crippen molar-refractivity contribution in [3.05, 3.63) is 12.3 Å². The van der Waals surface area contributed by atoms with Crippen LogP contribution >= 0.6 is 0 Å². The number of hydrogen-bond donors (Lipinski definition) is 2. The molecule has 0 rings (SSSR count). The second-order valence-corrected chi connectivity index (χ2v) is 1.19. The van der Waals surface area contributed by atoms with Crippen LogP contribution in [-0.2, 0) is 0 Å². The first-order valence-electron chi connectivity index (χ1n) is 2.26. The first-order valence-corrected chi connectivity index (χ1v) is 2.26. The van der Waals surface area contributed by atoms with Crippen LogP contribution < -0.4 is 0 Å². The second-order valence-electron chi connectivity index (χ2n) is 1.19. The summed E-state index contributed by atoms with van der Waals surface area (Å²) in [6.07, 6.45) is 5.51. The van der Waals surface area contributed by atoms with Crippen LogP contribution in [0.2, 0.25) is 0 Å². The van der Waals surface area contributed by atoms with Gasteiger partial charge in [0.25, 0.3) is 0 Å². The van der Waals surface area contributed by atoms with E-state index < -0.39 is 0 Å². The summed E-state index contributed by atoms with van der Waals surface area (Å²) >= 11 is 0. The molecule has 8 heavy (non-hydrogen) atoms. The van der Waals surface area contributed by atoms with Crippen LogP contribution in [0.25, 0.3) is 0 Å². The van der Waals surface area contributed by atoms with E-state index in [0.717, 1.165) is 12.7 Å². The standard InChI is InChI=1S/C5H9N3/c1-2-3-8(4-6)5-7/h2-7H,1H3/b3-2+,6-4?,7-5?. The fourth-order valence-corrected chi connectivity index (χ4v) is 0.295. The third-order valence-electron chi connectivity index (χ3n) is 0.619. The van der Waals surface area contributed by atoms with E-state index in [-0.39, 0.29) is 0 Å². The summed E-state index contributed by atoms with van der Waals surface area (Å²) in [5.41, 5.74) is 0. The van der Waals surface area contributed by atoms with Crippen LogP contribution in [0.3, 0.4) is 0 Å². The van der Waals surface area contributed by atoms with Gasteiger partial charge in [-0.05, 0) is 6.92 Å². The van der Waals surface area contributed by atoms with Crippen molar-refractivity contribution in [2.75, 3.05) is 0 Å². The molecule has 0 unspecified atom stereocenters. The Bertz CT molecular complexity index is 98.2. The van der Waals surface area contributed by atoms with Crippen LogP contribution in [0.1, 0.15) is 6.92 Å². The molecule has 3 nitrogen and oxygen atoms in total. The third kappa shape index (κ3) is 2.12. The summed E-state index contributed by atoms with van der Waals surface area (Å²) in [5.74, 6) is 0. The predicted octanol–water partition coefficient (Wildman–Crippen LogP) is 1.04. The molecular formula is C5H9N3. The molecule has 0 aliphatic carbocycles. The highest BCUT2D eigenvalue weighted by Gasteiger charge is 1.79. The quantitative estimate of drug-likeness (QED) is 0.415. The molecule has 0 bridgehead atoms. The van der Waals surface area contributed by atoms with E-state index in [1.807, 2.05) is 6.92 Å². The van der Waals surface area contributed by atoms with Gasteiger partial charge in [0, 0.05) is 6.20 Å². The normalized spacial score (nSPS) is 9.12. The fraction of sp³-hybridized carbons (Fsp3) is 0.200. The average molecular weight is 111 g/mol. The van der Waals surface area contributed by atoms with E-state index in [4.69, 9.17) is 10.8 Å². The highest BCUT2D eigenvalue weighted by molar-refractivity contribution is 5.73. The molecule has 0 heterocycles. The summed E-state index contributed by atoms with van der Waals surface area (Å²) in [6.45, 7) is 1.83. The smallest absolute Gasteiger partial charge is 0.0909 e. The Hall–Kier alpha value is -1.12. The van der Waals surface area contributed by atoms with Gasteiger partial charge in [-0.3, -0.25) is 15.7 Å². The van der Waals surface area contributed by atoms with Crippen molar-refractivity contribution in [1.29, 1.82) is 10.8 Å². The first-order chi connectivity index (χ1) is 3.85. The van der Waals surface area contributed by atoms with E-state index in [2.05, 4.69) is 0 Å². The molecule has 0 aromatic heterocycles. The maximum atomic E-state index is 6.66. The number of nitrogens with zero attached hydrogens (tertiary/aromatic N) is 1. The van der Waals surface area contributed by atoms with Crippen molar-refractivity contribution in [3.63, 3.8) is 0 Å². The minimum Gasteiger partial charge on any atom is -0.300 e. The molecular weight excluding hydrogens is 102 g/mol. The molecule has 0 atom stereocenters. The summed E-state index contributed by atoms with van der Waals surface area (Å²) in [6, 6.07) is 0. The Morgan fingerprint density at radius 2 is 1.75 bits per heavy atom. The van der Waals surface area contributed by atoms with Crippen LogP contribution in [0.5, 0.6) is 0 Å². The van der Waals surface area contributed by atoms with Crippen molar-refractivity contribution < 1.29 is 0 Å². The van der Waals surface area contributed by atoms with E-state index >= 15 is 0 Å². The molecule has 0 saturated heterocycles. The van der Waals surface area contributed by atoms with Gasteiger partial charge in [-0.15, -0.1) is 0 Å². The highest BCUT2D eigenvalue weighted by atomic mass is 15.1. The largest absolute Gasteiger partial charge is 0.300 e. The van der Waals surface area contributed by atoms with Crippen LogP contribution in [0.4, 0.5) is 0 Å². The fourth-order valence-electron chi connectivity index (χ4n) is 0.295. The van der Waals surface area contributed by atoms with E-state index in [1.165, 1.54) is 4.90 Å². The molecule has 0 aliphatic heterocycles. The molecule has 0 spiro atoms. The maximum Gasteiger partial charge on any atom is 0.0909 e. The molecule has 44 valence electrons. The minimum absolute atomic E-state index is 1.06. The van der Waals surface area contributed by atoms with Gasteiger partial charge in [0.2, 0.25) is 0 Å². The topological polar surface area (TPSA) is 50.9 Å². The van der Waals surface area contributed by atoms with Crippen molar-refractivity contribution in [2.24, 2.45) is 0 Å². The second kappa shape index (κ2) is 4.05. The Kier molecular flexibility index (Phi) is 3.48. The van der Waals surface area contributed by atoms with Crippen molar-refractivity contribution >= 4 is 12.7 Å². The van der Waals surface area contributed by atoms with Crippen molar-refractivity contribution in [2.45, 2.75) is 6.92 Å². The minimum atomic E-state index is 1.06. The first kappa shape index (κ1) is 6.88. The molecule has 0 saturated carbocycles. The van der Waals surface area contributed by atoms with Crippen LogP contribution in [-0.4, -0.2) is 17.6 Å². The van der Waals surface area contributed by atoms with Gasteiger partial charge in [0.15, 0.2) is 0 Å². The van der Waals surface area contributed by atoms with Crippen molar-refractivity contribution in [3.8, 4) is 0 Å². The molecule has 0 aromatic rings. The van der Waals surface area contributed by atoms with E-state index in [9.17, 15) is 0 Å². The SMILES string of the molecule is C/C=C/N(C=N)C=N. The van der Waals surface area contributed by atoms with E-state index in [0.29, 0.717) is 0 Å². The zero-order chi connectivity index (χ0) is 6.41. The lowest BCUT2D eigenvalue weighted by Gasteiger charge is -2.01. The van der Waals surface area contributed by atoms with Gasteiger partial charge in [-0.1, -0.05) is 6.08 Å². The average Bonchev–Trinajstić information content (AvgIpc) is 1.83. The lowest BCUT2D eigenvalue weighted by molar-refractivity contribution is 0.865. The molecule has 2 N–H and O–H groups in total. The number of hydrogen-bond acceptors (Lipinski definition) is 2. The lowest BCUT2D eigenvalue weighted by Crippen LogP contribution is -2.09. The molecule has 0 aliphatic rings. The van der Waals surface area contributed by atoms with Crippen molar-refractivity contribution in [1.82, 2.24) is 4.90 Å². The summed E-state index contributed by atoms with van der Waals surface area (Å²) in [5, 5.41) is 13.3. The third-order valence-corrected chi connectivity index (χ3v) is 0.619. The Labute approximate surface area is 48.6 Å². The maximum absolute atomic E-state index is 6.66. The van der Waals surface area contributed by atoms with Gasteiger partial charge in [0.05, 0.1) is 12.7 Å². The molecule has 0 aromatic carbocycles. The Morgan fingerprint density at radius 3 is 1.88 bits per heavy atom. The predicted molar refractivity (Wildman–Crippen MR) is 34.2 cm³/mol. The van der Waals surface area contributed by atoms with Crippen LogP contribution in [0.15, 0.2) is 12.3 Å². The number of allylic oxidation sites excluding steroid dienone is 1. The van der Waals surface area contributed by atoms with Gasteiger partial charge >= 0.3 is 0 Å². The Balaban J connectivity index is 3.69. The summed E-state index contributed by atoms with van der Waals surface area (Å²) in [4.78, 5) is 1.33. The molecule has 3 heteroatoms. The number of rotatable bonds is 3. The van der Waals surface area contributed by atoms with Crippen LogP contribution in [0, 0.1) is 10.8 Å². The summed E-state index contributed by atoms with van der Waals surface area (Å²) in [7, 11) is 0.